The zero-order valence-corrected chi connectivity index (χ0v) is 11.8. The van der Waals surface area contributed by atoms with Crippen LogP contribution < -0.4 is 16.2 Å². The van der Waals surface area contributed by atoms with Crippen molar-refractivity contribution in [2.24, 2.45) is 5.41 Å². The molecular formula is C10H19Cl2N3O4. The molecule has 0 aliphatic carbocycles. The molecule has 0 aromatic carbocycles. The summed E-state index contributed by atoms with van der Waals surface area (Å²) in [6.45, 7) is -1.32. The Balaban J connectivity index is 0. The van der Waals surface area contributed by atoms with Crippen LogP contribution in [0.25, 0.3) is 0 Å². The van der Waals surface area contributed by atoms with Crippen LogP contribution in [0.2, 0.25) is 0 Å². The standard InChI is InChI=1S/C10H17N3O4.2ClH/c11-7-1-8(12)9(13-2-7)17-6-10(3-14,4-15)5-16;;/h1-2,14-16H,3-6,11-12H2;2*1H. The van der Waals surface area contributed by atoms with Gasteiger partial charge in [0.15, 0.2) is 0 Å². The summed E-state index contributed by atoms with van der Waals surface area (Å²) in [4.78, 5) is 3.87. The van der Waals surface area contributed by atoms with Crippen molar-refractivity contribution in [3.05, 3.63) is 12.3 Å². The van der Waals surface area contributed by atoms with Crippen molar-refractivity contribution in [1.82, 2.24) is 4.98 Å². The van der Waals surface area contributed by atoms with Gasteiger partial charge in [0.05, 0.1) is 42.8 Å². The van der Waals surface area contributed by atoms with Gasteiger partial charge in [0.1, 0.15) is 6.61 Å². The van der Waals surface area contributed by atoms with E-state index in [-0.39, 0.29) is 43.0 Å². The number of aliphatic hydroxyl groups is 3. The molecule has 7 nitrogen and oxygen atoms in total. The van der Waals surface area contributed by atoms with Crippen LogP contribution in [-0.2, 0) is 0 Å². The number of aliphatic hydroxyl groups excluding tert-OH is 3. The average molecular weight is 316 g/mol. The van der Waals surface area contributed by atoms with E-state index in [9.17, 15) is 0 Å². The zero-order chi connectivity index (χ0) is 12.9. The van der Waals surface area contributed by atoms with E-state index in [2.05, 4.69) is 4.98 Å². The summed E-state index contributed by atoms with van der Waals surface area (Å²) in [5, 5.41) is 27.3. The maximum Gasteiger partial charge on any atom is 0.237 e. The summed E-state index contributed by atoms with van der Waals surface area (Å²) < 4.78 is 5.26. The first-order chi connectivity index (χ1) is 8.06. The van der Waals surface area contributed by atoms with Gasteiger partial charge in [-0.05, 0) is 6.07 Å². The Labute approximate surface area is 123 Å². The molecule has 0 saturated heterocycles. The Morgan fingerprint density at radius 2 is 1.63 bits per heavy atom. The van der Waals surface area contributed by atoms with E-state index in [1.807, 2.05) is 0 Å². The molecule has 19 heavy (non-hydrogen) atoms. The number of rotatable bonds is 6. The number of aromatic nitrogens is 1. The van der Waals surface area contributed by atoms with Gasteiger partial charge in [0, 0.05) is 0 Å². The molecule has 0 fully saturated rings. The molecule has 0 bridgehead atoms. The highest BCUT2D eigenvalue weighted by molar-refractivity contribution is 5.85. The molecule has 0 atom stereocenters. The molecule has 0 spiro atoms. The van der Waals surface area contributed by atoms with Gasteiger partial charge in [-0.25, -0.2) is 4.98 Å². The molecule has 112 valence electrons. The summed E-state index contributed by atoms with van der Waals surface area (Å²) in [6, 6.07) is 1.49. The van der Waals surface area contributed by atoms with Crippen molar-refractivity contribution in [1.29, 1.82) is 0 Å². The summed E-state index contributed by atoms with van der Waals surface area (Å²) in [5.74, 6) is 0.152. The van der Waals surface area contributed by atoms with Crippen molar-refractivity contribution < 1.29 is 20.1 Å². The van der Waals surface area contributed by atoms with Crippen LogP contribution in [0.3, 0.4) is 0 Å². The highest BCUT2D eigenvalue weighted by Crippen LogP contribution is 2.23. The Kier molecular flexibility index (Phi) is 9.63. The van der Waals surface area contributed by atoms with E-state index in [1.165, 1.54) is 12.3 Å². The van der Waals surface area contributed by atoms with Crippen molar-refractivity contribution in [2.75, 3.05) is 37.9 Å². The first-order valence-electron chi connectivity index (χ1n) is 5.03. The fraction of sp³-hybridized carbons (Fsp3) is 0.500. The van der Waals surface area contributed by atoms with Crippen molar-refractivity contribution in [3.63, 3.8) is 0 Å². The van der Waals surface area contributed by atoms with Gasteiger partial charge in [-0.1, -0.05) is 0 Å². The largest absolute Gasteiger partial charge is 0.475 e. The Morgan fingerprint density at radius 3 is 2.05 bits per heavy atom. The molecule has 1 heterocycles. The third kappa shape index (κ3) is 5.25. The molecule has 0 aliphatic rings. The van der Waals surface area contributed by atoms with Gasteiger partial charge < -0.3 is 31.5 Å². The molecule has 0 saturated carbocycles. The van der Waals surface area contributed by atoms with Gasteiger partial charge in [0.25, 0.3) is 0 Å². The third-order valence-corrected chi connectivity index (χ3v) is 2.42. The van der Waals surface area contributed by atoms with Crippen molar-refractivity contribution >= 4 is 36.2 Å². The van der Waals surface area contributed by atoms with Crippen LogP contribution >= 0.6 is 24.8 Å². The van der Waals surface area contributed by atoms with Crippen molar-refractivity contribution in [2.45, 2.75) is 0 Å². The highest BCUT2D eigenvalue weighted by Gasteiger charge is 2.29. The van der Waals surface area contributed by atoms with Gasteiger partial charge in [-0.15, -0.1) is 24.8 Å². The topological polar surface area (TPSA) is 135 Å². The highest BCUT2D eigenvalue weighted by atomic mass is 35.5. The van der Waals surface area contributed by atoms with Crippen LogP contribution in [0, 0.1) is 5.41 Å². The lowest BCUT2D eigenvalue weighted by Gasteiger charge is -2.26. The monoisotopic (exact) mass is 315 g/mol. The molecule has 0 radical (unpaired) electrons. The lowest BCUT2D eigenvalue weighted by molar-refractivity contribution is -0.0266. The van der Waals surface area contributed by atoms with Gasteiger partial charge in [0.2, 0.25) is 5.88 Å². The molecule has 1 rings (SSSR count). The fourth-order valence-corrected chi connectivity index (χ4v) is 1.12. The first kappa shape index (κ1) is 20.3. The van der Waals surface area contributed by atoms with E-state index in [0.29, 0.717) is 5.69 Å². The maximum absolute atomic E-state index is 9.10. The lowest BCUT2D eigenvalue weighted by atomic mass is 9.93. The predicted molar refractivity (Wildman–Crippen MR) is 76.7 cm³/mol. The minimum Gasteiger partial charge on any atom is -0.475 e. The quantitative estimate of drug-likeness (QED) is 0.474. The second-order valence-corrected chi connectivity index (χ2v) is 3.93. The molecule has 9 heteroatoms. The van der Waals surface area contributed by atoms with Crippen LogP contribution in [0.1, 0.15) is 0 Å². The minimum atomic E-state index is -1.12. The number of hydrogen-bond donors (Lipinski definition) is 5. The van der Waals surface area contributed by atoms with Crippen LogP contribution in [0.15, 0.2) is 12.3 Å². The van der Waals surface area contributed by atoms with E-state index in [1.54, 1.807) is 0 Å². The number of pyridine rings is 1. The SMILES string of the molecule is Cl.Cl.Nc1cnc(OCC(CO)(CO)CO)c(N)c1. The third-order valence-electron chi connectivity index (χ3n) is 2.42. The van der Waals surface area contributed by atoms with E-state index < -0.39 is 25.2 Å². The van der Waals surface area contributed by atoms with Gasteiger partial charge in [-0.3, -0.25) is 0 Å². The molecule has 0 aliphatic heterocycles. The van der Waals surface area contributed by atoms with Crippen LogP contribution in [0.4, 0.5) is 11.4 Å². The Bertz CT molecular complexity index is 370. The maximum atomic E-state index is 9.10. The molecule has 7 N–H and O–H groups in total. The van der Waals surface area contributed by atoms with Gasteiger partial charge in [-0.2, -0.15) is 0 Å². The van der Waals surface area contributed by atoms with E-state index >= 15 is 0 Å². The number of nitrogens with zero attached hydrogens (tertiary/aromatic N) is 1. The first-order valence-corrected chi connectivity index (χ1v) is 5.03. The fourth-order valence-electron chi connectivity index (χ4n) is 1.12. The Hall–Kier alpha value is -0.990. The Morgan fingerprint density at radius 1 is 1.11 bits per heavy atom. The number of anilines is 2. The number of nitrogens with two attached hydrogens (primary N) is 2. The second-order valence-electron chi connectivity index (χ2n) is 3.93. The second kappa shape index (κ2) is 9.00. The van der Waals surface area contributed by atoms with E-state index in [0.717, 1.165) is 0 Å². The van der Waals surface area contributed by atoms with Crippen LogP contribution in [-0.4, -0.2) is 46.7 Å². The predicted octanol–water partition coefficient (Wildman–Crippen LogP) is -0.568. The zero-order valence-electron chi connectivity index (χ0n) is 10.2. The van der Waals surface area contributed by atoms with Crippen molar-refractivity contribution in [3.8, 4) is 5.88 Å². The summed E-state index contributed by atoms with van der Waals surface area (Å²) >= 11 is 0. The average Bonchev–Trinajstić information content (AvgIpc) is 2.33. The lowest BCUT2D eigenvalue weighted by Crippen LogP contribution is -2.40. The summed E-state index contributed by atoms with van der Waals surface area (Å²) in [5.41, 5.74) is 10.6. The minimum absolute atomic E-state index is 0. The smallest absolute Gasteiger partial charge is 0.237 e. The van der Waals surface area contributed by atoms with Gasteiger partial charge >= 0.3 is 0 Å². The molecule has 1 aromatic heterocycles. The number of nitrogen functional groups attached to an aromatic ring is 2. The molecule has 1 aromatic rings. The number of hydrogen-bond acceptors (Lipinski definition) is 7. The normalized spacial score (nSPS) is 10.3. The summed E-state index contributed by atoms with van der Waals surface area (Å²) in [6.07, 6.45) is 1.38. The van der Waals surface area contributed by atoms with E-state index in [4.69, 9.17) is 31.5 Å². The molecule has 0 unspecified atom stereocenters. The summed E-state index contributed by atoms with van der Waals surface area (Å²) in [7, 11) is 0. The molecule has 0 amide bonds. The number of halogens is 2. The number of ether oxygens (including phenoxy) is 1. The molecular weight excluding hydrogens is 297 g/mol. The van der Waals surface area contributed by atoms with Crippen LogP contribution in [0.5, 0.6) is 5.88 Å².